The van der Waals surface area contributed by atoms with E-state index in [0.29, 0.717) is 28.2 Å². The van der Waals surface area contributed by atoms with E-state index in [2.05, 4.69) is 26.0 Å². The van der Waals surface area contributed by atoms with E-state index in [9.17, 15) is 9.90 Å². The maximum absolute atomic E-state index is 13.2. The van der Waals surface area contributed by atoms with E-state index >= 15 is 0 Å². The zero-order valence-corrected chi connectivity index (χ0v) is 15.7. The third-order valence-electron chi connectivity index (χ3n) is 4.11. The molecule has 2 aromatic carbocycles. The van der Waals surface area contributed by atoms with Gasteiger partial charge in [0.05, 0.1) is 22.6 Å². The molecule has 0 atom stereocenters. The SMILES string of the molecule is O=c1c(-c2ccccn2)cc(-c2ccccc2O)nn1-c1ccccc1Br. The molecular formula is C21H14BrN3O2. The van der Waals surface area contributed by atoms with Gasteiger partial charge in [-0.1, -0.05) is 30.3 Å². The van der Waals surface area contributed by atoms with Crippen LogP contribution >= 0.6 is 15.9 Å². The van der Waals surface area contributed by atoms with Gasteiger partial charge in [0.1, 0.15) is 5.75 Å². The molecule has 132 valence electrons. The summed E-state index contributed by atoms with van der Waals surface area (Å²) in [6.07, 6.45) is 1.64. The molecule has 6 heteroatoms. The Morgan fingerprint density at radius 1 is 0.852 bits per heavy atom. The Kier molecular flexibility index (Phi) is 4.56. The number of aromatic nitrogens is 3. The van der Waals surface area contributed by atoms with Crippen LogP contribution < -0.4 is 5.56 Å². The predicted molar refractivity (Wildman–Crippen MR) is 108 cm³/mol. The number of phenolic OH excluding ortho intramolecular Hbond substituents is 1. The number of para-hydroxylation sites is 2. The standard InChI is InChI=1S/C21H14BrN3O2/c22-16-8-2-3-10-19(16)25-21(27)15(17-9-5-6-12-23-17)13-18(24-25)14-7-1-4-11-20(14)26/h1-13,26H. The van der Waals surface area contributed by atoms with Gasteiger partial charge in [-0.2, -0.15) is 9.78 Å². The Morgan fingerprint density at radius 2 is 1.59 bits per heavy atom. The first-order valence-corrected chi connectivity index (χ1v) is 9.03. The molecule has 4 aromatic rings. The fourth-order valence-corrected chi connectivity index (χ4v) is 3.26. The van der Waals surface area contributed by atoms with Crippen molar-refractivity contribution in [3.05, 3.63) is 93.8 Å². The number of pyridine rings is 1. The fraction of sp³-hybridized carbons (Fsp3) is 0. The van der Waals surface area contributed by atoms with E-state index in [1.54, 1.807) is 48.7 Å². The lowest BCUT2D eigenvalue weighted by atomic mass is 10.1. The summed E-state index contributed by atoms with van der Waals surface area (Å²) in [6.45, 7) is 0. The van der Waals surface area contributed by atoms with Crippen LogP contribution in [0.4, 0.5) is 0 Å². The van der Waals surface area contributed by atoms with Gasteiger partial charge in [-0.25, -0.2) is 0 Å². The number of benzene rings is 2. The van der Waals surface area contributed by atoms with Crippen LogP contribution in [0.3, 0.4) is 0 Å². The van der Waals surface area contributed by atoms with Crippen LogP contribution in [0.2, 0.25) is 0 Å². The molecule has 0 radical (unpaired) electrons. The molecule has 0 fully saturated rings. The lowest BCUT2D eigenvalue weighted by molar-refractivity contribution is 0.477. The van der Waals surface area contributed by atoms with Crippen LogP contribution in [-0.4, -0.2) is 19.9 Å². The molecule has 0 bridgehead atoms. The van der Waals surface area contributed by atoms with Crippen molar-refractivity contribution in [2.75, 3.05) is 0 Å². The number of rotatable bonds is 3. The molecule has 2 aromatic heterocycles. The number of nitrogens with zero attached hydrogens (tertiary/aromatic N) is 3. The molecule has 0 saturated heterocycles. The van der Waals surface area contributed by atoms with E-state index in [1.807, 2.05) is 30.3 Å². The first-order chi connectivity index (χ1) is 13.1. The summed E-state index contributed by atoms with van der Waals surface area (Å²) in [7, 11) is 0. The molecular weight excluding hydrogens is 406 g/mol. The third kappa shape index (κ3) is 3.27. The van der Waals surface area contributed by atoms with E-state index < -0.39 is 0 Å². The Balaban J connectivity index is 2.05. The van der Waals surface area contributed by atoms with Crippen molar-refractivity contribution in [2.45, 2.75) is 0 Å². The lowest BCUT2D eigenvalue weighted by Gasteiger charge is -2.12. The van der Waals surface area contributed by atoms with E-state index in [-0.39, 0.29) is 11.3 Å². The quantitative estimate of drug-likeness (QED) is 0.533. The van der Waals surface area contributed by atoms with Crippen molar-refractivity contribution in [1.82, 2.24) is 14.8 Å². The minimum absolute atomic E-state index is 0.0919. The highest BCUT2D eigenvalue weighted by atomic mass is 79.9. The summed E-state index contributed by atoms with van der Waals surface area (Å²) in [5, 5.41) is 14.8. The maximum Gasteiger partial charge on any atom is 0.281 e. The van der Waals surface area contributed by atoms with Crippen LogP contribution in [0.1, 0.15) is 0 Å². The molecule has 0 unspecified atom stereocenters. The van der Waals surface area contributed by atoms with Gasteiger partial charge in [0.15, 0.2) is 0 Å². The number of aromatic hydroxyl groups is 1. The number of halogens is 1. The number of phenols is 1. The Hall–Kier alpha value is -3.25. The number of hydrogen-bond acceptors (Lipinski definition) is 4. The molecule has 0 spiro atoms. The fourth-order valence-electron chi connectivity index (χ4n) is 2.81. The molecule has 2 heterocycles. The van der Waals surface area contributed by atoms with Crippen LogP contribution in [0.5, 0.6) is 5.75 Å². The molecule has 0 aliphatic carbocycles. The second-order valence-electron chi connectivity index (χ2n) is 5.84. The molecule has 0 aliphatic heterocycles. The first kappa shape index (κ1) is 17.2. The second kappa shape index (κ2) is 7.17. The van der Waals surface area contributed by atoms with Crippen molar-refractivity contribution < 1.29 is 5.11 Å². The summed E-state index contributed by atoms with van der Waals surface area (Å²) in [4.78, 5) is 17.5. The minimum Gasteiger partial charge on any atom is -0.507 e. The highest BCUT2D eigenvalue weighted by Crippen LogP contribution is 2.29. The zero-order chi connectivity index (χ0) is 18.8. The van der Waals surface area contributed by atoms with Crippen molar-refractivity contribution in [1.29, 1.82) is 0 Å². The Bertz CT molecular complexity index is 1170. The van der Waals surface area contributed by atoms with Crippen molar-refractivity contribution in [3.8, 4) is 34.0 Å². The van der Waals surface area contributed by atoms with Crippen LogP contribution in [-0.2, 0) is 0 Å². The Labute approximate surface area is 163 Å². The van der Waals surface area contributed by atoms with Gasteiger partial charge in [0.25, 0.3) is 5.56 Å². The summed E-state index contributed by atoms with van der Waals surface area (Å²) in [5.74, 6) is 0.0919. The highest BCUT2D eigenvalue weighted by Gasteiger charge is 2.16. The van der Waals surface area contributed by atoms with Crippen molar-refractivity contribution >= 4 is 15.9 Å². The van der Waals surface area contributed by atoms with Gasteiger partial charge >= 0.3 is 0 Å². The van der Waals surface area contributed by atoms with Crippen LogP contribution in [0, 0.1) is 0 Å². The highest BCUT2D eigenvalue weighted by molar-refractivity contribution is 9.10. The third-order valence-corrected chi connectivity index (χ3v) is 4.78. The molecule has 0 aliphatic rings. The van der Waals surface area contributed by atoms with Crippen molar-refractivity contribution in [3.63, 3.8) is 0 Å². The normalized spacial score (nSPS) is 10.7. The van der Waals surface area contributed by atoms with Crippen LogP contribution in [0.25, 0.3) is 28.2 Å². The molecule has 0 amide bonds. The molecule has 1 N–H and O–H groups in total. The van der Waals surface area contributed by atoms with Crippen LogP contribution in [0.15, 0.2) is 88.3 Å². The van der Waals surface area contributed by atoms with Gasteiger partial charge in [-0.05, 0) is 58.4 Å². The summed E-state index contributed by atoms with van der Waals surface area (Å²) < 4.78 is 2.07. The predicted octanol–water partition coefficient (Wildman–Crippen LogP) is 4.43. The molecule has 0 saturated carbocycles. The summed E-state index contributed by atoms with van der Waals surface area (Å²) >= 11 is 3.48. The zero-order valence-electron chi connectivity index (χ0n) is 14.1. The smallest absolute Gasteiger partial charge is 0.281 e. The number of hydrogen-bond donors (Lipinski definition) is 1. The largest absolute Gasteiger partial charge is 0.507 e. The molecule has 27 heavy (non-hydrogen) atoms. The molecule has 5 nitrogen and oxygen atoms in total. The molecule has 4 rings (SSSR count). The van der Waals surface area contributed by atoms with E-state index in [1.165, 1.54) is 4.68 Å². The minimum atomic E-state index is -0.292. The van der Waals surface area contributed by atoms with Gasteiger partial charge in [-0.3, -0.25) is 9.78 Å². The second-order valence-corrected chi connectivity index (χ2v) is 6.70. The van der Waals surface area contributed by atoms with E-state index in [4.69, 9.17) is 0 Å². The summed E-state index contributed by atoms with van der Waals surface area (Å²) in [5.41, 5.74) is 2.28. The van der Waals surface area contributed by atoms with Gasteiger partial charge in [-0.15, -0.1) is 0 Å². The monoisotopic (exact) mass is 419 g/mol. The average Bonchev–Trinajstić information content (AvgIpc) is 2.70. The average molecular weight is 420 g/mol. The van der Waals surface area contributed by atoms with E-state index in [0.717, 1.165) is 4.47 Å². The van der Waals surface area contributed by atoms with Gasteiger partial charge < -0.3 is 5.11 Å². The maximum atomic E-state index is 13.2. The topological polar surface area (TPSA) is 68.0 Å². The van der Waals surface area contributed by atoms with Gasteiger partial charge in [0.2, 0.25) is 0 Å². The van der Waals surface area contributed by atoms with Crippen molar-refractivity contribution in [2.24, 2.45) is 0 Å². The first-order valence-electron chi connectivity index (χ1n) is 8.24. The Morgan fingerprint density at radius 3 is 2.33 bits per heavy atom. The lowest BCUT2D eigenvalue weighted by Crippen LogP contribution is -2.24. The summed E-state index contributed by atoms with van der Waals surface area (Å²) in [6, 6.07) is 21.3. The van der Waals surface area contributed by atoms with Gasteiger partial charge in [0, 0.05) is 16.2 Å².